The summed E-state index contributed by atoms with van der Waals surface area (Å²) in [5.74, 6) is -2.12. The number of hydrogen-bond donors (Lipinski definition) is 5. The molecule has 5 N–H and O–H groups in total. The summed E-state index contributed by atoms with van der Waals surface area (Å²) in [5.41, 5.74) is 12.6. The molecule has 17 heteroatoms. The van der Waals surface area contributed by atoms with Crippen molar-refractivity contribution in [3.05, 3.63) is 100 Å². The smallest absolute Gasteiger partial charge is 0.257 e. The van der Waals surface area contributed by atoms with Crippen LogP contribution in [-0.2, 0) is 40.3 Å². The molecule has 2 aliphatic heterocycles. The van der Waals surface area contributed by atoms with E-state index < -0.39 is 23.7 Å². The number of anilines is 1. The molecule has 3 aromatic carbocycles. The van der Waals surface area contributed by atoms with E-state index in [9.17, 15) is 28.4 Å². The highest BCUT2D eigenvalue weighted by molar-refractivity contribution is 6.10. The van der Waals surface area contributed by atoms with Crippen LogP contribution in [0.4, 0.5) is 10.1 Å². The molecular formula is C46H55FN10O6. The molecule has 1 unspecified atom stereocenters. The molecule has 1 fully saturated rings. The second kappa shape index (κ2) is 19.8. The number of ether oxygens (including phenoxy) is 1. The van der Waals surface area contributed by atoms with E-state index in [1.807, 2.05) is 10.9 Å². The molecule has 7 rings (SSSR count). The minimum atomic E-state index is -0.825. The molecule has 1 atom stereocenters. The molecule has 0 aliphatic carbocycles. The van der Waals surface area contributed by atoms with Gasteiger partial charge in [0.15, 0.2) is 6.29 Å². The second-order valence-corrected chi connectivity index (χ2v) is 17.2. The number of nitrogens with zero attached hydrogens (tertiary/aromatic N) is 5. The Kier molecular flexibility index (Phi) is 14.1. The molecule has 4 heterocycles. The lowest BCUT2D eigenvalue weighted by molar-refractivity contribution is -0.136. The molecule has 0 spiro atoms. The van der Waals surface area contributed by atoms with Crippen LogP contribution in [0.3, 0.4) is 0 Å². The summed E-state index contributed by atoms with van der Waals surface area (Å²) in [6.45, 7) is 8.28. The van der Waals surface area contributed by atoms with Crippen molar-refractivity contribution in [1.29, 1.82) is 0 Å². The first-order valence-electron chi connectivity index (χ1n) is 21.3. The molecule has 2 aromatic heterocycles. The van der Waals surface area contributed by atoms with Crippen LogP contribution in [0.15, 0.2) is 60.8 Å². The average molecular weight is 863 g/mol. The standard InChI is InChI=1S/C46H55FN10O6/c1-46(2,28-63-21-19-49-53-36-10-7-8-31(26-58)40(36)45(62)56(4)38-15-16-39(59)51-44(38)61)27-57-25-33(52-54-57)9-5-6-20-55(3)24-29-11-13-30(14-12-29)42-34-17-18-48-43(60)35-22-32(47)23-37(50-42)41(34)35/h7-8,10-14,22-23,25-26,38,49-50,53H,5-6,9,15-21,24,27-28H2,1-4H3,(H,48,60)(H,51,59,61). The highest BCUT2D eigenvalue weighted by atomic mass is 19.1. The normalized spacial score (nSPS) is 15.3. The number of rotatable bonds is 20. The van der Waals surface area contributed by atoms with Gasteiger partial charge in [0.05, 0.1) is 35.7 Å². The number of aldehydes is 1. The Balaban J connectivity index is 0.805. The molecule has 5 aromatic rings. The second-order valence-electron chi connectivity index (χ2n) is 17.2. The van der Waals surface area contributed by atoms with Crippen LogP contribution in [0.5, 0.6) is 0 Å². The van der Waals surface area contributed by atoms with Gasteiger partial charge >= 0.3 is 0 Å². The number of nitrogens with one attached hydrogen (secondary N) is 5. The van der Waals surface area contributed by atoms with Crippen LogP contribution in [0.25, 0.3) is 22.2 Å². The molecule has 2 aliphatic rings. The van der Waals surface area contributed by atoms with E-state index >= 15 is 0 Å². The minimum absolute atomic E-state index is 0.120. The zero-order valence-corrected chi connectivity index (χ0v) is 36.2. The minimum Gasteiger partial charge on any atom is -0.379 e. The van der Waals surface area contributed by atoms with Gasteiger partial charge < -0.3 is 30.3 Å². The first-order valence-corrected chi connectivity index (χ1v) is 21.3. The molecule has 0 saturated carbocycles. The Bertz CT molecular complexity index is 2480. The van der Waals surface area contributed by atoms with E-state index in [0.29, 0.717) is 62.3 Å². The van der Waals surface area contributed by atoms with Gasteiger partial charge in [0.25, 0.3) is 11.8 Å². The third-order valence-electron chi connectivity index (χ3n) is 11.5. The number of aromatic nitrogens is 4. The van der Waals surface area contributed by atoms with Crippen molar-refractivity contribution < 1.29 is 33.1 Å². The van der Waals surface area contributed by atoms with Crippen molar-refractivity contribution in [3.63, 3.8) is 0 Å². The molecule has 63 heavy (non-hydrogen) atoms. The SMILES string of the molecule is CN(CCCCc1cn(CC(C)(C)COCCNNc2cccc(C=O)c2C(=O)N(C)C2CCC(=O)NC2=O)nn1)Cc1ccc(-c2[nH]c3cc(F)cc4c3c2CCNC4=O)cc1. The van der Waals surface area contributed by atoms with Crippen molar-refractivity contribution >= 4 is 46.5 Å². The number of aromatic amines is 1. The summed E-state index contributed by atoms with van der Waals surface area (Å²) >= 11 is 0. The number of piperidine rings is 1. The fraction of sp³-hybridized carbons (Fsp3) is 0.413. The van der Waals surface area contributed by atoms with Gasteiger partial charge in [0.2, 0.25) is 11.8 Å². The van der Waals surface area contributed by atoms with Crippen molar-refractivity contribution in [2.24, 2.45) is 5.41 Å². The highest BCUT2D eigenvalue weighted by Gasteiger charge is 2.34. The predicted molar refractivity (Wildman–Crippen MR) is 235 cm³/mol. The number of carbonyl (C=O) groups excluding carboxylic acids is 5. The number of benzene rings is 3. The highest BCUT2D eigenvalue weighted by Crippen LogP contribution is 2.35. The van der Waals surface area contributed by atoms with Crippen LogP contribution in [-0.4, -0.2) is 113 Å². The lowest BCUT2D eigenvalue weighted by Crippen LogP contribution is -2.53. The van der Waals surface area contributed by atoms with E-state index in [0.717, 1.165) is 60.3 Å². The molecular weight excluding hydrogens is 808 g/mol. The monoisotopic (exact) mass is 862 g/mol. The Morgan fingerprint density at radius 1 is 1.08 bits per heavy atom. The lowest BCUT2D eigenvalue weighted by atomic mass is 9.95. The summed E-state index contributed by atoms with van der Waals surface area (Å²) in [6.07, 6.45) is 6.40. The maximum Gasteiger partial charge on any atom is 0.257 e. The molecule has 4 amide bonds. The molecule has 1 saturated heterocycles. The Morgan fingerprint density at radius 2 is 1.89 bits per heavy atom. The van der Waals surface area contributed by atoms with Gasteiger partial charge in [-0.25, -0.2) is 9.82 Å². The third kappa shape index (κ3) is 10.8. The number of likely N-dealkylation sites (N-methyl/N-ethyl adjacent to an activating group) is 1. The number of hydrogen-bond acceptors (Lipinski definition) is 11. The van der Waals surface area contributed by atoms with Crippen molar-refractivity contribution in [1.82, 2.24) is 45.8 Å². The van der Waals surface area contributed by atoms with Crippen LogP contribution in [0, 0.1) is 11.2 Å². The average Bonchev–Trinajstić information content (AvgIpc) is 3.81. The van der Waals surface area contributed by atoms with E-state index in [-0.39, 0.29) is 41.2 Å². The summed E-state index contributed by atoms with van der Waals surface area (Å²) in [7, 11) is 3.60. The summed E-state index contributed by atoms with van der Waals surface area (Å²) in [6, 6.07) is 15.2. The number of unbranched alkanes of at least 4 members (excludes halogenated alkanes) is 1. The van der Waals surface area contributed by atoms with Crippen LogP contribution >= 0.6 is 0 Å². The molecule has 332 valence electrons. The molecule has 0 bridgehead atoms. The molecule has 0 radical (unpaired) electrons. The number of aryl methyl sites for hydroxylation is 1. The molecule has 16 nitrogen and oxygen atoms in total. The van der Waals surface area contributed by atoms with E-state index in [4.69, 9.17) is 4.74 Å². The summed E-state index contributed by atoms with van der Waals surface area (Å²) in [5, 5.41) is 14.7. The van der Waals surface area contributed by atoms with Gasteiger partial charge in [-0.2, -0.15) is 0 Å². The summed E-state index contributed by atoms with van der Waals surface area (Å²) in [4.78, 5) is 68.9. The number of H-pyrrole nitrogens is 1. The summed E-state index contributed by atoms with van der Waals surface area (Å²) < 4.78 is 22.2. The third-order valence-corrected chi connectivity index (χ3v) is 11.5. The van der Waals surface area contributed by atoms with E-state index in [2.05, 4.69) is 86.8 Å². The largest absolute Gasteiger partial charge is 0.379 e. The lowest BCUT2D eigenvalue weighted by Gasteiger charge is -2.30. The predicted octanol–water partition coefficient (Wildman–Crippen LogP) is 4.66. The zero-order valence-electron chi connectivity index (χ0n) is 36.2. The van der Waals surface area contributed by atoms with Gasteiger partial charge in [-0.1, -0.05) is 55.5 Å². The van der Waals surface area contributed by atoms with Crippen LogP contribution in [0.1, 0.15) is 87.4 Å². The van der Waals surface area contributed by atoms with Crippen LogP contribution in [0.2, 0.25) is 0 Å². The van der Waals surface area contributed by atoms with Crippen LogP contribution < -0.4 is 21.5 Å². The maximum atomic E-state index is 14.3. The first kappa shape index (κ1) is 44.7. The van der Waals surface area contributed by atoms with Gasteiger partial charge in [-0.3, -0.25) is 34.0 Å². The Labute approximate surface area is 365 Å². The van der Waals surface area contributed by atoms with Crippen molar-refractivity contribution in [3.8, 4) is 11.3 Å². The number of halogens is 1. The quantitative estimate of drug-likeness (QED) is 0.0316. The first-order chi connectivity index (χ1) is 30.3. The van der Waals surface area contributed by atoms with E-state index in [1.54, 1.807) is 12.1 Å². The van der Waals surface area contributed by atoms with Crippen molar-refractivity contribution in [2.45, 2.75) is 71.5 Å². The zero-order chi connectivity index (χ0) is 44.7. The number of imide groups is 1. The van der Waals surface area contributed by atoms with E-state index in [1.165, 1.54) is 35.7 Å². The number of hydrazine groups is 1. The topological polar surface area (TPSA) is 196 Å². The van der Waals surface area contributed by atoms with Gasteiger partial charge in [-0.05, 0) is 80.6 Å². The number of carbonyl (C=O) groups is 5. The Hall–Kier alpha value is -6.30. The van der Waals surface area contributed by atoms with Crippen molar-refractivity contribution in [2.75, 3.05) is 52.4 Å². The van der Waals surface area contributed by atoms with Gasteiger partial charge in [-0.15, -0.1) is 5.10 Å². The Morgan fingerprint density at radius 3 is 2.67 bits per heavy atom. The maximum absolute atomic E-state index is 14.3. The number of amides is 4. The van der Waals surface area contributed by atoms with Gasteiger partial charge in [0, 0.05) is 73.4 Å². The fourth-order valence-corrected chi connectivity index (χ4v) is 8.32. The fourth-order valence-electron chi connectivity index (χ4n) is 8.32. The van der Waals surface area contributed by atoms with Gasteiger partial charge in [0.1, 0.15) is 11.9 Å².